The number of nitrogens with one attached hydrogen (secondary N) is 2. The van der Waals surface area contributed by atoms with Crippen LogP contribution in [0.4, 0.5) is 14.6 Å². The zero-order valence-corrected chi connectivity index (χ0v) is 24.5. The van der Waals surface area contributed by atoms with E-state index in [2.05, 4.69) is 27.6 Å². The third kappa shape index (κ3) is 6.64. The number of carbonyl (C=O) groups is 1. The Kier molecular flexibility index (Phi) is 9.49. The van der Waals surface area contributed by atoms with Gasteiger partial charge in [-0.15, -0.1) is 0 Å². The first-order valence-corrected chi connectivity index (χ1v) is 14.7. The number of carbonyl (C=O) groups excluding carboxylic acids is 1. The summed E-state index contributed by atoms with van der Waals surface area (Å²) in [5.74, 6) is -0.369. The molecular formula is C27H36ClF2N5O4S. The summed E-state index contributed by atoms with van der Waals surface area (Å²) in [6.45, 7) is 5.35. The fourth-order valence-corrected chi connectivity index (χ4v) is 6.74. The van der Waals surface area contributed by atoms with Crippen molar-refractivity contribution in [2.75, 3.05) is 19.0 Å². The van der Waals surface area contributed by atoms with Crippen molar-refractivity contribution in [2.45, 2.75) is 83.7 Å². The molecule has 0 saturated heterocycles. The molecule has 0 atom stereocenters. The van der Waals surface area contributed by atoms with Crippen LogP contribution in [0.2, 0.25) is 5.02 Å². The van der Waals surface area contributed by atoms with Gasteiger partial charge in [-0.1, -0.05) is 31.4 Å². The Labute approximate surface area is 241 Å². The van der Waals surface area contributed by atoms with Crippen molar-refractivity contribution in [3.63, 3.8) is 0 Å². The minimum atomic E-state index is -2.50. The SMILES string of the molecule is CCn1nc(C(=O)NCC2CCC(C)CC2)c(Cl)c1-c1cnc(NC2CC3(C2)CC(F)(F)C3)cc1OC.O=S=O. The van der Waals surface area contributed by atoms with Crippen molar-refractivity contribution < 1.29 is 26.7 Å². The van der Waals surface area contributed by atoms with Gasteiger partial charge in [0.05, 0.1) is 23.4 Å². The van der Waals surface area contributed by atoms with Gasteiger partial charge in [0, 0.05) is 44.2 Å². The number of nitrogens with zero attached hydrogens (tertiary/aromatic N) is 3. The van der Waals surface area contributed by atoms with E-state index in [9.17, 15) is 13.6 Å². The van der Waals surface area contributed by atoms with Crippen LogP contribution in [0, 0.1) is 17.3 Å². The number of rotatable bonds is 8. The zero-order valence-electron chi connectivity index (χ0n) is 23.0. The predicted molar refractivity (Wildman–Crippen MR) is 148 cm³/mol. The summed E-state index contributed by atoms with van der Waals surface area (Å²) in [5, 5.41) is 11.1. The Morgan fingerprint density at radius 3 is 2.45 bits per heavy atom. The zero-order chi connectivity index (χ0) is 29.1. The molecule has 0 bridgehead atoms. The van der Waals surface area contributed by atoms with Crippen molar-refractivity contribution in [1.82, 2.24) is 20.1 Å². The molecule has 0 radical (unpaired) electrons. The third-order valence-corrected chi connectivity index (χ3v) is 8.77. The van der Waals surface area contributed by atoms with Crippen LogP contribution in [0.15, 0.2) is 12.3 Å². The highest BCUT2D eigenvalue weighted by Crippen LogP contribution is 2.62. The van der Waals surface area contributed by atoms with E-state index in [1.807, 2.05) is 6.92 Å². The fourth-order valence-electron chi connectivity index (χ4n) is 6.42. The number of pyridine rings is 1. The first-order valence-electron chi connectivity index (χ1n) is 13.7. The second-order valence-corrected chi connectivity index (χ2v) is 12.0. The highest BCUT2D eigenvalue weighted by molar-refractivity contribution is 7.51. The summed E-state index contributed by atoms with van der Waals surface area (Å²) >= 11 is 5.99. The lowest BCUT2D eigenvalue weighted by molar-refractivity contribution is -0.193. The molecule has 3 aliphatic carbocycles. The van der Waals surface area contributed by atoms with Crippen LogP contribution in [0.3, 0.4) is 0 Å². The summed E-state index contributed by atoms with van der Waals surface area (Å²) in [6, 6.07) is 1.90. The van der Waals surface area contributed by atoms with E-state index < -0.39 is 17.5 Å². The molecule has 9 nitrogen and oxygen atoms in total. The Bertz CT molecular complexity index is 1250. The van der Waals surface area contributed by atoms with Gasteiger partial charge in [-0.05, 0) is 49.9 Å². The quantitative estimate of drug-likeness (QED) is 0.411. The van der Waals surface area contributed by atoms with Crippen LogP contribution in [0.1, 0.15) is 75.7 Å². The number of halogens is 3. The van der Waals surface area contributed by atoms with Crippen molar-refractivity contribution in [2.24, 2.45) is 17.3 Å². The van der Waals surface area contributed by atoms with E-state index in [1.165, 1.54) is 12.8 Å². The smallest absolute Gasteiger partial charge is 0.335 e. The molecule has 2 aromatic rings. The van der Waals surface area contributed by atoms with Crippen LogP contribution in [0.25, 0.3) is 11.3 Å². The Hall–Kier alpha value is -2.60. The molecule has 3 fully saturated rings. The van der Waals surface area contributed by atoms with Gasteiger partial charge in [0.2, 0.25) is 5.92 Å². The number of anilines is 1. The van der Waals surface area contributed by atoms with Crippen LogP contribution in [-0.2, 0) is 18.1 Å². The number of aryl methyl sites for hydroxylation is 1. The second-order valence-electron chi connectivity index (χ2n) is 11.5. The van der Waals surface area contributed by atoms with Gasteiger partial charge < -0.3 is 15.4 Å². The molecule has 40 heavy (non-hydrogen) atoms. The predicted octanol–water partition coefficient (Wildman–Crippen LogP) is 5.50. The average molecular weight is 600 g/mol. The lowest BCUT2D eigenvalue weighted by Crippen LogP contribution is -2.57. The minimum absolute atomic E-state index is 0.0108. The van der Waals surface area contributed by atoms with E-state index in [1.54, 1.807) is 24.1 Å². The fraction of sp³-hybridized carbons (Fsp3) is 0.667. The highest BCUT2D eigenvalue weighted by atomic mass is 35.5. The van der Waals surface area contributed by atoms with Gasteiger partial charge in [-0.25, -0.2) is 13.8 Å². The van der Waals surface area contributed by atoms with E-state index >= 15 is 0 Å². The van der Waals surface area contributed by atoms with E-state index in [0.717, 1.165) is 31.6 Å². The molecule has 13 heteroatoms. The number of aromatic nitrogens is 3. The van der Waals surface area contributed by atoms with Gasteiger partial charge in [0.1, 0.15) is 11.6 Å². The molecule has 1 amide bonds. The first-order chi connectivity index (χ1) is 19.0. The van der Waals surface area contributed by atoms with Gasteiger partial charge >= 0.3 is 11.6 Å². The van der Waals surface area contributed by atoms with Crippen LogP contribution < -0.4 is 15.4 Å². The van der Waals surface area contributed by atoms with E-state index in [0.29, 0.717) is 41.8 Å². The maximum absolute atomic E-state index is 13.3. The monoisotopic (exact) mass is 599 g/mol. The largest absolute Gasteiger partial charge is 0.496 e. The average Bonchev–Trinajstić information content (AvgIpc) is 3.22. The maximum Gasteiger partial charge on any atom is 0.335 e. The van der Waals surface area contributed by atoms with Crippen LogP contribution >= 0.6 is 11.6 Å². The lowest BCUT2D eigenvalue weighted by atomic mass is 9.52. The van der Waals surface area contributed by atoms with Gasteiger partial charge in [-0.3, -0.25) is 9.48 Å². The normalized spacial score (nSPS) is 22.8. The number of alkyl halides is 2. The third-order valence-electron chi connectivity index (χ3n) is 8.42. The summed E-state index contributed by atoms with van der Waals surface area (Å²) in [7, 11) is 1.57. The number of amides is 1. The Balaban J connectivity index is 0.00000118. The number of methoxy groups -OCH3 is 1. The maximum atomic E-state index is 13.3. The molecule has 5 rings (SSSR count). The lowest BCUT2D eigenvalue weighted by Gasteiger charge is -2.57. The molecule has 2 heterocycles. The second kappa shape index (κ2) is 12.5. The van der Waals surface area contributed by atoms with Crippen molar-refractivity contribution >= 4 is 34.9 Å². The van der Waals surface area contributed by atoms with Gasteiger partial charge in [0.15, 0.2) is 5.69 Å². The Morgan fingerprint density at radius 2 is 1.88 bits per heavy atom. The standard InChI is InChI=1S/C27H36ClF2N5O2.O2S/c1-4-35-24(22(28)23(34-35)25(36)32-12-17-7-5-16(2)6-8-17)19-13-31-21(9-20(19)37-3)33-18-10-26(11-18)14-27(29,30)15-26;1-3-2/h9,13,16-18H,4-8,10-12,14-15H2,1-3H3,(H,31,33)(H,32,36);. The number of hydrogen-bond acceptors (Lipinski definition) is 7. The van der Waals surface area contributed by atoms with Gasteiger partial charge in [0.25, 0.3) is 5.91 Å². The van der Waals surface area contributed by atoms with Crippen LogP contribution in [0.5, 0.6) is 5.75 Å². The molecule has 0 aliphatic heterocycles. The molecule has 2 aromatic heterocycles. The van der Waals surface area contributed by atoms with Crippen LogP contribution in [-0.4, -0.2) is 54.7 Å². The van der Waals surface area contributed by atoms with Gasteiger partial charge in [-0.2, -0.15) is 13.5 Å². The summed E-state index contributed by atoms with van der Waals surface area (Å²) < 4.78 is 50.5. The Morgan fingerprint density at radius 1 is 1.23 bits per heavy atom. The summed E-state index contributed by atoms with van der Waals surface area (Å²) in [6.07, 6.45) is 7.74. The molecule has 2 N–H and O–H groups in total. The van der Waals surface area contributed by atoms with E-state index in [4.69, 9.17) is 24.8 Å². The molecule has 0 unspecified atom stereocenters. The number of ether oxygens (including phenoxy) is 1. The summed E-state index contributed by atoms with van der Waals surface area (Å²) in [5.41, 5.74) is 1.20. The minimum Gasteiger partial charge on any atom is -0.496 e. The van der Waals surface area contributed by atoms with Crippen molar-refractivity contribution in [3.8, 4) is 17.0 Å². The molecular weight excluding hydrogens is 564 g/mol. The topological polar surface area (TPSA) is 115 Å². The van der Waals surface area contributed by atoms with Crippen molar-refractivity contribution in [3.05, 3.63) is 23.0 Å². The van der Waals surface area contributed by atoms with Crippen molar-refractivity contribution in [1.29, 1.82) is 0 Å². The molecule has 3 saturated carbocycles. The van der Waals surface area contributed by atoms with E-state index in [-0.39, 0.29) is 40.9 Å². The number of hydrogen-bond donors (Lipinski definition) is 2. The molecule has 0 aromatic carbocycles. The summed E-state index contributed by atoms with van der Waals surface area (Å²) in [4.78, 5) is 17.5. The molecule has 3 aliphatic rings. The molecule has 220 valence electrons. The molecule has 1 spiro atoms. The first kappa shape index (κ1) is 30.4. The highest BCUT2D eigenvalue weighted by Gasteiger charge is 2.61.